The maximum Gasteiger partial charge on any atom is 0.127 e. The Balaban J connectivity index is 1.97. The Morgan fingerprint density at radius 1 is 1.27 bits per heavy atom. The molecule has 1 heterocycles. The van der Waals surface area contributed by atoms with Crippen molar-refractivity contribution in [1.29, 1.82) is 0 Å². The van der Waals surface area contributed by atoms with Crippen LogP contribution in [0.1, 0.15) is 20.3 Å². The van der Waals surface area contributed by atoms with Crippen molar-refractivity contribution in [1.82, 2.24) is 0 Å². The van der Waals surface area contributed by atoms with Gasteiger partial charge < -0.3 is 4.74 Å². The van der Waals surface area contributed by atoms with Gasteiger partial charge in [0.1, 0.15) is 11.9 Å². The highest BCUT2D eigenvalue weighted by Gasteiger charge is 2.35. The second kappa shape index (κ2) is 3.13. The molecule has 1 aliphatic heterocycles. The van der Waals surface area contributed by atoms with Crippen LogP contribution in [-0.4, -0.2) is 6.10 Å². The van der Waals surface area contributed by atoms with Crippen molar-refractivity contribution in [3.63, 3.8) is 0 Å². The third-order valence-corrected chi connectivity index (χ3v) is 3.45. The molecule has 0 saturated heterocycles. The van der Waals surface area contributed by atoms with Gasteiger partial charge in [-0.05, 0) is 37.0 Å². The largest absolute Gasteiger partial charge is 0.485 e. The molecule has 0 radical (unpaired) electrons. The lowest BCUT2D eigenvalue weighted by Gasteiger charge is -2.20. The summed E-state index contributed by atoms with van der Waals surface area (Å²) in [6.07, 6.45) is 12.5. The molecule has 2 unspecified atom stereocenters. The summed E-state index contributed by atoms with van der Waals surface area (Å²) in [5.41, 5.74) is 2.86. The standard InChI is InChI=1S/C14H16O/c1-9-3-5-13-11(7-9)12-8-10(2)4-6-14(12)15-13/h3-7,10-11,13H,8H2,1-2H3/t10-,11?,13?/m0/s1. The van der Waals surface area contributed by atoms with Gasteiger partial charge in [0, 0.05) is 5.92 Å². The zero-order chi connectivity index (χ0) is 10.4. The smallest absolute Gasteiger partial charge is 0.127 e. The maximum atomic E-state index is 5.93. The van der Waals surface area contributed by atoms with Gasteiger partial charge in [-0.25, -0.2) is 0 Å². The van der Waals surface area contributed by atoms with Crippen LogP contribution in [0.3, 0.4) is 0 Å². The minimum absolute atomic E-state index is 0.258. The SMILES string of the molecule is CC1=CC2C3=C(C=C[C@H](C)C3)OC2C=C1. The third-order valence-electron chi connectivity index (χ3n) is 3.45. The Hall–Kier alpha value is -1.24. The second-order valence-corrected chi connectivity index (χ2v) is 4.81. The van der Waals surface area contributed by atoms with Gasteiger partial charge >= 0.3 is 0 Å². The molecule has 15 heavy (non-hydrogen) atoms. The van der Waals surface area contributed by atoms with Crippen LogP contribution in [0, 0.1) is 11.8 Å². The molecule has 3 rings (SSSR count). The van der Waals surface area contributed by atoms with Crippen LogP contribution in [0.2, 0.25) is 0 Å². The second-order valence-electron chi connectivity index (χ2n) is 4.81. The van der Waals surface area contributed by atoms with Crippen LogP contribution in [0.4, 0.5) is 0 Å². The average Bonchev–Trinajstić information content (AvgIpc) is 2.56. The molecular weight excluding hydrogens is 184 g/mol. The predicted octanol–water partition coefficient (Wildman–Crippen LogP) is 3.37. The zero-order valence-electron chi connectivity index (χ0n) is 9.23. The van der Waals surface area contributed by atoms with E-state index in [4.69, 9.17) is 4.74 Å². The fourth-order valence-electron chi connectivity index (χ4n) is 2.65. The van der Waals surface area contributed by atoms with E-state index in [2.05, 4.69) is 44.2 Å². The van der Waals surface area contributed by atoms with Crippen molar-refractivity contribution in [3.8, 4) is 0 Å². The van der Waals surface area contributed by atoms with E-state index in [9.17, 15) is 0 Å². The Bertz CT molecular complexity index is 409. The highest BCUT2D eigenvalue weighted by Crippen LogP contribution is 2.42. The monoisotopic (exact) mass is 200 g/mol. The summed E-state index contributed by atoms with van der Waals surface area (Å²) in [6.45, 7) is 4.43. The van der Waals surface area contributed by atoms with Crippen molar-refractivity contribution in [2.75, 3.05) is 0 Å². The number of hydrogen-bond acceptors (Lipinski definition) is 1. The zero-order valence-corrected chi connectivity index (χ0v) is 9.23. The van der Waals surface area contributed by atoms with Crippen LogP contribution < -0.4 is 0 Å². The van der Waals surface area contributed by atoms with Gasteiger partial charge in [0.25, 0.3) is 0 Å². The fraction of sp³-hybridized carbons (Fsp3) is 0.429. The Labute approximate surface area is 90.8 Å². The Kier molecular flexibility index (Phi) is 1.88. The molecule has 3 atom stereocenters. The van der Waals surface area contributed by atoms with E-state index in [1.165, 1.54) is 11.1 Å². The fourth-order valence-corrected chi connectivity index (χ4v) is 2.65. The van der Waals surface area contributed by atoms with Gasteiger partial charge in [-0.2, -0.15) is 0 Å². The Morgan fingerprint density at radius 2 is 2.13 bits per heavy atom. The lowest BCUT2D eigenvalue weighted by atomic mass is 9.83. The number of ether oxygens (including phenoxy) is 1. The molecule has 0 amide bonds. The quantitative estimate of drug-likeness (QED) is 0.582. The normalized spacial score (nSPS) is 37.2. The summed E-state index contributed by atoms with van der Waals surface area (Å²) in [5, 5.41) is 0. The van der Waals surface area contributed by atoms with E-state index < -0.39 is 0 Å². The molecule has 78 valence electrons. The molecule has 0 aromatic heterocycles. The molecule has 3 aliphatic rings. The van der Waals surface area contributed by atoms with E-state index >= 15 is 0 Å². The maximum absolute atomic E-state index is 5.93. The summed E-state index contributed by atoms with van der Waals surface area (Å²) in [7, 11) is 0. The van der Waals surface area contributed by atoms with E-state index in [0.717, 1.165) is 12.2 Å². The summed E-state index contributed by atoms with van der Waals surface area (Å²) in [4.78, 5) is 0. The molecule has 2 aliphatic carbocycles. The van der Waals surface area contributed by atoms with Gasteiger partial charge in [-0.3, -0.25) is 0 Å². The van der Waals surface area contributed by atoms with E-state index in [-0.39, 0.29) is 6.10 Å². The van der Waals surface area contributed by atoms with Crippen molar-refractivity contribution in [2.24, 2.45) is 11.8 Å². The van der Waals surface area contributed by atoms with Crippen molar-refractivity contribution in [2.45, 2.75) is 26.4 Å². The minimum atomic E-state index is 0.258. The summed E-state index contributed by atoms with van der Waals surface area (Å²) in [6, 6.07) is 0. The highest BCUT2D eigenvalue weighted by molar-refractivity contribution is 5.40. The molecule has 0 fully saturated rings. The first-order chi connectivity index (χ1) is 7.24. The molecular formula is C14H16O. The first kappa shape index (κ1) is 9.02. The highest BCUT2D eigenvalue weighted by atomic mass is 16.5. The first-order valence-electron chi connectivity index (χ1n) is 5.68. The Morgan fingerprint density at radius 3 is 3.00 bits per heavy atom. The van der Waals surface area contributed by atoms with Crippen LogP contribution in [0.15, 0.2) is 47.3 Å². The summed E-state index contributed by atoms with van der Waals surface area (Å²) in [5.74, 6) is 2.28. The molecule has 1 nitrogen and oxygen atoms in total. The van der Waals surface area contributed by atoms with Crippen LogP contribution in [-0.2, 0) is 4.74 Å². The number of rotatable bonds is 0. The lowest BCUT2D eigenvalue weighted by molar-refractivity contribution is 0.173. The minimum Gasteiger partial charge on any atom is -0.485 e. The molecule has 0 spiro atoms. The third kappa shape index (κ3) is 1.38. The molecule has 0 N–H and O–H groups in total. The van der Waals surface area contributed by atoms with Crippen LogP contribution in [0.25, 0.3) is 0 Å². The lowest BCUT2D eigenvalue weighted by Crippen LogP contribution is -2.17. The van der Waals surface area contributed by atoms with Gasteiger partial charge in [0.2, 0.25) is 0 Å². The number of fused-ring (bicyclic) bond motifs is 2. The van der Waals surface area contributed by atoms with E-state index in [1.807, 2.05) is 0 Å². The van der Waals surface area contributed by atoms with Gasteiger partial charge in [0.15, 0.2) is 0 Å². The van der Waals surface area contributed by atoms with Gasteiger partial charge in [-0.15, -0.1) is 0 Å². The molecule has 1 heteroatoms. The predicted molar refractivity (Wildman–Crippen MR) is 61.2 cm³/mol. The first-order valence-corrected chi connectivity index (χ1v) is 5.68. The van der Waals surface area contributed by atoms with Crippen LogP contribution >= 0.6 is 0 Å². The van der Waals surface area contributed by atoms with E-state index in [0.29, 0.717) is 11.8 Å². The van der Waals surface area contributed by atoms with Crippen molar-refractivity contribution in [3.05, 3.63) is 47.3 Å². The summed E-state index contributed by atoms with van der Waals surface area (Å²) >= 11 is 0. The average molecular weight is 200 g/mol. The molecule has 0 aromatic rings. The number of allylic oxidation sites excluding steroid dienone is 4. The van der Waals surface area contributed by atoms with Crippen molar-refractivity contribution < 1.29 is 4.74 Å². The van der Waals surface area contributed by atoms with E-state index in [1.54, 1.807) is 0 Å². The van der Waals surface area contributed by atoms with Gasteiger partial charge in [-0.1, -0.05) is 30.7 Å². The molecule has 0 bridgehead atoms. The van der Waals surface area contributed by atoms with Gasteiger partial charge in [0.05, 0.1) is 0 Å². The van der Waals surface area contributed by atoms with Crippen LogP contribution in [0.5, 0.6) is 0 Å². The summed E-state index contributed by atoms with van der Waals surface area (Å²) < 4.78 is 5.93. The number of hydrogen-bond donors (Lipinski definition) is 0. The molecule has 0 aromatic carbocycles. The van der Waals surface area contributed by atoms with Crippen molar-refractivity contribution >= 4 is 0 Å². The topological polar surface area (TPSA) is 9.23 Å². The molecule has 0 saturated carbocycles.